The van der Waals surface area contributed by atoms with E-state index < -0.39 is 0 Å². The Morgan fingerprint density at radius 2 is 2.00 bits per heavy atom. The molecule has 2 N–H and O–H groups in total. The van der Waals surface area contributed by atoms with Gasteiger partial charge in [-0.2, -0.15) is 11.8 Å². The van der Waals surface area contributed by atoms with Gasteiger partial charge in [0.1, 0.15) is 0 Å². The number of nitrogens with zero attached hydrogens (tertiary/aromatic N) is 1. The van der Waals surface area contributed by atoms with Gasteiger partial charge in [-0.3, -0.25) is 4.99 Å². The first-order chi connectivity index (χ1) is 8.55. The number of methoxy groups -OCH3 is 1. The van der Waals surface area contributed by atoms with Crippen LogP contribution in [-0.4, -0.2) is 50.3 Å². The third kappa shape index (κ3) is 9.59. The standard InChI is InChI=1S/C13H29N3OS/c1-6-14-12(15-9-7-8-10-18-5)16-11-13(2,3)17-4/h6-11H2,1-5H3,(H2,14,15,16). The van der Waals surface area contributed by atoms with Gasteiger partial charge in [0.25, 0.3) is 0 Å². The van der Waals surface area contributed by atoms with Crippen molar-refractivity contribution < 1.29 is 4.74 Å². The van der Waals surface area contributed by atoms with Gasteiger partial charge >= 0.3 is 0 Å². The third-order valence-electron chi connectivity index (χ3n) is 2.58. The van der Waals surface area contributed by atoms with E-state index in [1.54, 1.807) is 7.11 Å². The summed E-state index contributed by atoms with van der Waals surface area (Å²) in [5, 5.41) is 6.60. The van der Waals surface area contributed by atoms with Crippen LogP contribution in [0.15, 0.2) is 4.99 Å². The molecule has 0 spiro atoms. The summed E-state index contributed by atoms with van der Waals surface area (Å²) in [7, 11) is 1.72. The fraction of sp³-hybridized carbons (Fsp3) is 0.923. The summed E-state index contributed by atoms with van der Waals surface area (Å²) in [6, 6.07) is 0. The second-order valence-corrected chi connectivity index (χ2v) is 5.77. The highest BCUT2D eigenvalue weighted by Gasteiger charge is 2.15. The molecule has 0 heterocycles. The lowest BCUT2D eigenvalue weighted by Gasteiger charge is -2.21. The summed E-state index contributed by atoms with van der Waals surface area (Å²) in [6.07, 6.45) is 4.57. The summed E-state index contributed by atoms with van der Waals surface area (Å²) < 4.78 is 5.36. The maximum absolute atomic E-state index is 5.36. The second-order valence-electron chi connectivity index (χ2n) is 4.79. The van der Waals surface area contributed by atoms with E-state index in [9.17, 15) is 0 Å². The molecule has 0 amide bonds. The van der Waals surface area contributed by atoms with Crippen LogP contribution in [0.25, 0.3) is 0 Å². The Morgan fingerprint density at radius 1 is 1.28 bits per heavy atom. The minimum Gasteiger partial charge on any atom is -0.377 e. The Morgan fingerprint density at radius 3 is 2.56 bits per heavy atom. The molecule has 0 radical (unpaired) electrons. The molecule has 18 heavy (non-hydrogen) atoms. The van der Waals surface area contributed by atoms with Crippen molar-refractivity contribution in [1.29, 1.82) is 0 Å². The predicted molar refractivity (Wildman–Crippen MR) is 82.7 cm³/mol. The van der Waals surface area contributed by atoms with Crippen molar-refractivity contribution in [2.45, 2.75) is 39.2 Å². The van der Waals surface area contributed by atoms with Crippen LogP contribution in [0.3, 0.4) is 0 Å². The highest BCUT2D eigenvalue weighted by atomic mass is 32.2. The topological polar surface area (TPSA) is 45.7 Å². The maximum atomic E-state index is 5.36. The number of rotatable bonds is 9. The molecular formula is C13H29N3OS. The van der Waals surface area contributed by atoms with Gasteiger partial charge in [-0.25, -0.2) is 0 Å². The molecule has 4 nitrogen and oxygen atoms in total. The van der Waals surface area contributed by atoms with E-state index >= 15 is 0 Å². The SMILES string of the molecule is CCNC(=NCC(C)(C)OC)NCCCCSC. The van der Waals surface area contributed by atoms with Crippen LogP contribution in [0.2, 0.25) is 0 Å². The van der Waals surface area contributed by atoms with Gasteiger partial charge in [0, 0.05) is 20.2 Å². The van der Waals surface area contributed by atoms with Gasteiger partial charge in [-0.05, 0) is 45.6 Å². The number of nitrogens with one attached hydrogen (secondary N) is 2. The van der Waals surface area contributed by atoms with E-state index in [1.165, 1.54) is 18.6 Å². The monoisotopic (exact) mass is 275 g/mol. The Balaban J connectivity index is 4.01. The number of guanidine groups is 1. The Kier molecular flexibility index (Phi) is 10.3. The Bertz CT molecular complexity index is 232. The molecule has 0 bridgehead atoms. The number of aliphatic imine (C=N–C) groups is 1. The number of ether oxygens (including phenoxy) is 1. The predicted octanol–water partition coefficient (Wildman–Crippen LogP) is 2.11. The zero-order valence-electron chi connectivity index (χ0n) is 12.5. The van der Waals surface area contributed by atoms with Crippen LogP contribution in [0.1, 0.15) is 33.6 Å². The zero-order chi connectivity index (χ0) is 13.9. The van der Waals surface area contributed by atoms with E-state index in [4.69, 9.17) is 4.74 Å². The van der Waals surface area contributed by atoms with Gasteiger partial charge < -0.3 is 15.4 Å². The average Bonchev–Trinajstić information content (AvgIpc) is 2.35. The van der Waals surface area contributed by atoms with E-state index in [0.717, 1.165) is 19.0 Å². The van der Waals surface area contributed by atoms with Crippen molar-refractivity contribution in [1.82, 2.24) is 10.6 Å². The summed E-state index contributed by atoms with van der Waals surface area (Å²) in [4.78, 5) is 4.54. The molecular weight excluding hydrogens is 246 g/mol. The van der Waals surface area contributed by atoms with Crippen molar-refractivity contribution in [3.63, 3.8) is 0 Å². The van der Waals surface area contributed by atoms with E-state index in [-0.39, 0.29) is 5.60 Å². The minimum absolute atomic E-state index is 0.207. The van der Waals surface area contributed by atoms with Crippen molar-refractivity contribution in [2.24, 2.45) is 4.99 Å². The van der Waals surface area contributed by atoms with Crippen LogP contribution in [-0.2, 0) is 4.74 Å². The van der Waals surface area contributed by atoms with Crippen molar-refractivity contribution in [3.05, 3.63) is 0 Å². The highest BCUT2D eigenvalue weighted by molar-refractivity contribution is 7.98. The van der Waals surface area contributed by atoms with E-state index in [1.807, 2.05) is 25.6 Å². The first-order valence-corrected chi connectivity index (χ1v) is 8.01. The summed E-state index contributed by atoms with van der Waals surface area (Å²) in [6.45, 7) is 8.66. The summed E-state index contributed by atoms with van der Waals surface area (Å²) >= 11 is 1.90. The van der Waals surface area contributed by atoms with Crippen LogP contribution in [0.4, 0.5) is 0 Å². The maximum Gasteiger partial charge on any atom is 0.191 e. The number of thioether (sulfide) groups is 1. The zero-order valence-corrected chi connectivity index (χ0v) is 13.3. The molecule has 0 aliphatic rings. The molecule has 0 fully saturated rings. The Labute approximate surface area is 116 Å². The molecule has 0 saturated carbocycles. The van der Waals surface area contributed by atoms with Crippen LogP contribution in [0, 0.1) is 0 Å². The van der Waals surface area contributed by atoms with Crippen molar-refractivity contribution in [3.8, 4) is 0 Å². The molecule has 0 aromatic carbocycles. The first-order valence-electron chi connectivity index (χ1n) is 6.62. The first kappa shape index (κ1) is 17.6. The Hall–Kier alpha value is -0.420. The summed E-state index contributed by atoms with van der Waals surface area (Å²) in [5.74, 6) is 2.11. The fourth-order valence-electron chi connectivity index (χ4n) is 1.25. The van der Waals surface area contributed by atoms with E-state index in [0.29, 0.717) is 6.54 Å². The fourth-order valence-corrected chi connectivity index (χ4v) is 1.75. The molecule has 0 saturated heterocycles. The molecule has 0 unspecified atom stereocenters. The summed E-state index contributed by atoms with van der Waals surface area (Å²) in [5.41, 5.74) is -0.207. The average molecular weight is 275 g/mol. The number of hydrogen-bond donors (Lipinski definition) is 2. The molecule has 0 aromatic heterocycles. The molecule has 0 aliphatic carbocycles. The van der Waals surface area contributed by atoms with Gasteiger partial charge in [0.15, 0.2) is 5.96 Å². The molecule has 0 aliphatic heterocycles. The largest absolute Gasteiger partial charge is 0.377 e. The van der Waals surface area contributed by atoms with Gasteiger partial charge in [0.2, 0.25) is 0 Å². The molecule has 0 aromatic rings. The lowest BCUT2D eigenvalue weighted by molar-refractivity contribution is 0.0310. The molecule has 108 valence electrons. The molecule has 5 heteroatoms. The quantitative estimate of drug-likeness (QED) is 0.384. The van der Waals surface area contributed by atoms with E-state index in [2.05, 4.69) is 28.8 Å². The smallest absolute Gasteiger partial charge is 0.191 e. The van der Waals surface area contributed by atoms with Gasteiger partial charge in [-0.15, -0.1) is 0 Å². The lowest BCUT2D eigenvalue weighted by atomic mass is 10.1. The highest BCUT2D eigenvalue weighted by Crippen LogP contribution is 2.06. The molecule has 0 rings (SSSR count). The van der Waals surface area contributed by atoms with Gasteiger partial charge in [-0.1, -0.05) is 0 Å². The minimum atomic E-state index is -0.207. The number of hydrogen-bond acceptors (Lipinski definition) is 3. The lowest BCUT2D eigenvalue weighted by Crippen LogP contribution is -2.39. The third-order valence-corrected chi connectivity index (χ3v) is 3.28. The van der Waals surface area contributed by atoms with Gasteiger partial charge in [0.05, 0.1) is 12.1 Å². The second kappa shape index (κ2) is 10.5. The normalized spacial score (nSPS) is 12.6. The number of unbranched alkanes of at least 4 members (excludes halogenated alkanes) is 1. The molecule has 0 atom stereocenters. The van der Waals surface area contributed by atoms with Crippen LogP contribution < -0.4 is 10.6 Å². The van der Waals surface area contributed by atoms with Crippen LogP contribution in [0.5, 0.6) is 0 Å². The van der Waals surface area contributed by atoms with Crippen molar-refractivity contribution >= 4 is 17.7 Å². The van der Waals surface area contributed by atoms with Crippen LogP contribution >= 0.6 is 11.8 Å². The van der Waals surface area contributed by atoms with Crippen molar-refractivity contribution in [2.75, 3.05) is 38.8 Å².